The molecule has 2 aromatic carbocycles. The molecule has 8 heteroatoms. The van der Waals surface area contributed by atoms with Crippen molar-refractivity contribution in [2.75, 3.05) is 17.5 Å². The largest absolute Gasteiger partial charge is 0.454 e. The first-order chi connectivity index (χ1) is 14.8. The number of halogens is 2. The maximum atomic E-state index is 14.2. The molecule has 0 amide bonds. The van der Waals surface area contributed by atoms with Crippen LogP contribution in [0.4, 0.5) is 14.5 Å². The number of aryl methyl sites for hydroxylation is 1. The highest BCUT2D eigenvalue weighted by Crippen LogP contribution is 2.35. The van der Waals surface area contributed by atoms with Gasteiger partial charge in [-0.05, 0) is 30.3 Å². The molecule has 1 aromatic heterocycles. The first kappa shape index (κ1) is 22.4. The number of anilines is 1. The van der Waals surface area contributed by atoms with Gasteiger partial charge in [-0.1, -0.05) is 25.5 Å². The summed E-state index contributed by atoms with van der Waals surface area (Å²) < 4.78 is 38.4. The molecule has 3 N–H and O–H groups in total. The number of benzene rings is 2. The summed E-state index contributed by atoms with van der Waals surface area (Å²) in [6, 6.07) is 8.52. The number of aromatic nitrogens is 1. The quantitative estimate of drug-likeness (QED) is 0.489. The van der Waals surface area contributed by atoms with E-state index in [1.54, 1.807) is 25.5 Å². The lowest BCUT2D eigenvalue weighted by atomic mass is 10.0. The molecular formula is C23H24F2N4OS. The van der Waals surface area contributed by atoms with E-state index >= 15 is 0 Å². The van der Waals surface area contributed by atoms with Crippen LogP contribution in [-0.2, 0) is 7.05 Å². The molecule has 0 aliphatic carbocycles. The zero-order valence-corrected chi connectivity index (χ0v) is 18.4. The van der Waals surface area contributed by atoms with Gasteiger partial charge in [0.15, 0.2) is 11.6 Å². The molecule has 31 heavy (non-hydrogen) atoms. The van der Waals surface area contributed by atoms with Crippen LogP contribution in [0.25, 0.3) is 23.9 Å². The van der Waals surface area contributed by atoms with Crippen molar-refractivity contribution in [1.82, 2.24) is 9.88 Å². The summed E-state index contributed by atoms with van der Waals surface area (Å²) in [5.74, 6) is -0.371. The van der Waals surface area contributed by atoms with Crippen LogP contribution >= 0.6 is 11.9 Å². The Bertz CT molecular complexity index is 1270. The van der Waals surface area contributed by atoms with Gasteiger partial charge in [0, 0.05) is 65.7 Å². The lowest BCUT2D eigenvalue weighted by Crippen LogP contribution is -2.45. The van der Waals surface area contributed by atoms with Gasteiger partial charge in [0.1, 0.15) is 11.6 Å². The maximum Gasteiger partial charge on any atom is 0.168 e. The Morgan fingerprint density at radius 2 is 1.90 bits per heavy atom. The molecule has 3 aromatic rings. The Labute approximate surface area is 183 Å². The van der Waals surface area contributed by atoms with Crippen LogP contribution in [0.2, 0.25) is 0 Å². The Kier molecular flexibility index (Phi) is 7.02. The Balaban J connectivity index is 2.23. The molecule has 1 heterocycles. The molecule has 0 saturated heterocycles. The van der Waals surface area contributed by atoms with E-state index < -0.39 is 11.6 Å². The van der Waals surface area contributed by atoms with Crippen molar-refractivity contribution in [3.8, 4) is 22.6 Å². The van der Waals surface area contributed by atoms with Gasteiger partial charge in [0.25, 0.3) is 0 Å². The zero-order chi connectivity index (χ0) is 22.5. The van der Waals surface area contributed by atoms with Crippen LogP contribution in [-0.4, -0.2) is 17.4 Å². The van der Waals surface area contributed by atoms with Gasteiger partial charge < -0.3 is 19.3 Å². The monoisotopic (exact) mass is 442 g/mol. The summed E-state index contributed by atoms with van der Waals surface area (Å²) >= 11 is 1.53. The predicted molar refractivity (Wildman–Crippen MR) is 123 cm³/mol. The summed E-state index contributed by atoms with van der Waals surface area (Å²) in [6.07, 6.45) is 3.50. The fraction of sp³-hybridized carbons (Fsp3) is 0.174. The first-order valence-electron chi connectivity index (χ1n) is 9.61. The molecule has 0 saturated carbocycles. The minimum absolute atomic E-state index is 0.0991. The smallest absolute Gasteiger partial charge is 0.168 e. The van der Waals surface area contributed by atoms with Gasteiger partial charge in [0.2, 0.25) is 0 Å². The number of pyridine rings is 1. The average molecular weight is 443 g/mol. The fourth-order valence-corrected chi connectivity index (χ4v) is 3.48. The number of nitrogens with one attached hydrogen (secondary N) is 3. The molecule has 0 fully saturated rings. The molecule has 0 aliphatic rings. The second-order valence-electron chi connectivity index (χ2n) is 6.74. The van der Waals surface area contributed by atoms with E-state index in [2.05, 4.69) is 16.6 Å². The minimum atomic E-state index is -0.802. The lowest BCUT2D eigenvalue weighted by molar-refractivity contribution is 0.439. The van der Waals surface area contributed by atoms with E-state index in [1.165, 1.54) is 18.0 Å². The van der Waals surface area contributed by atoms with Gasteiger partial charge in [0.05, 0.1) is 5.36 Å². The van der Waals surface area contributed by atoms with Crippen molar-refractivity contribution in [3.63, 3.8) is 0 Å². The first-order valence-corrected chi connectivity index (χ1v) is 10.6. The average Bonchev–Trinajstić information content (AvgIpc) is 2.75. The molecule has 0 spiro atoms. The van der Waals surface area contributed by atoms with E-state index in [4.69, 9.17) is 10.1 Å². The standard InChI is InChI=1S/C23H24F2N4OS/c1-5-31-28-16-7-9-21(30-22-8-6-15(24)10-20(22)25)17(11-16)19-13-29(4)14(2)18(12-27-3)23(19)26/h6-13,26-28H,2,5H2,1,3-4H3/b18-12-,26-23?. The molecule has 5 nitrogen and oxygen atoms in total. The Morgan fingerprint density at radius 1 is 1.16 bits per heavy atom. The summed E-state index contributed by atoms with van der Waals surface area (Å²) in [6.45, 7) is 6.07. The summed E-state index contributed by atoms with van der Waals surface area (Å²) in [5, 5.41) is 13.3. The topological polar surface area (TPSA) is 62.1 Å². The third-order valence-electron chi connectivity index (χ3n) is 4.60. The van der Waals surface area contributed by atoms with Gasteiger partial charge in [-0.2, -0.15) is 0 Å². The number of hydrogen-bond donors (Lipinski definition) is 3. The Hall–Kier alpha value is -3.26. The minimum Gasteiger partial charge on any atom is -0.454 e. The summed E-state index contributed by atoms with van der Waals surface area (Å²) in [7, 11) is 3.59. The van der Waals surface area contributed by atoms with Crippen LogP contribution < -0.4 is 30.7 Å². The molecular weight excluding hydrogens is 418 g/mol. The van der Waals surface area contributed by atoms with Crippen molar-refractivity contribution in [1.29, 1.82) is 5.41 Å². The van der Waals surface area contributed by atoms with Gasteiger partial charge in [-0.25, -0.2) is 8.78 Å². The predicted octanol–water partition coefficient (Wildman–Crippen LogP) is 3.69. The second-order valence-corrected chi connectivity index (χ2v) is 7.82. The summed E-state index contributed by atoms with van der Waals surface area (Å²) in [5.41, 5.74) is 1.99. The van der Waals surface area contributed by atoms with Crippen molar-refractivity contribution in [2.24, 2.45) is 7.05 Å². The molecule has 0 unspecified atom stereocenters. The van der Waals surface area contributed by atoms with Crippen LogP contribution in [0.5, 0.6) is 11.5 Å². The SMILES string of the molecule is C=c1/c(=C/NC)c(=N)c(-c2cc(NSCC)ccc2Oc2ccc(F)cc2F)cn1C. The van der Waals surface area contributed by atoms with Gasteiger partial charge in [-0.3, -0.25) is 5.41 Å². The van der Waals surface area contributed by atoms with Gasteiger partial charge in [-0.15, -0.1) is 0 Å². The second kappa shape index (κ2) is 9.70. The maximum absolute atomic E-state index is 14.2. The number of rotatable bonds is 7. The number of nitrogens with zero attached hydrogens (tertiary/aromatic N) is 1. The van der Waals surface area contributed by atoms with Crippen LogP contribution in [0.15, 0.2) is 42.6 Å². The molecule has 162 valence electrons. The van der Waals surface area contributed by atoms with E-state index in [0.29, 0.717) is 27.4 Å². The van der Waals surface area contributed by atoms with Crippen molar-refractivity contribution in [3.05, 3.63) is 70.2 Å². The number of ether oxygens (including phenoxy) is 1. The van der Waals surface area contributed by atoms with Crippen LogP contribution in [0.3, 0.4) is 0 Å². The lowest BCUT2D eigenvalue weighted by Gasteiger charge is -2.16. The fourth-order valence-electron chi connectivity index (χ4n) is 3.04. The van der Waals surface area contributed by atoms with E-state index in [9.17, 15) is 8.78 Å². The van der Waals surface area contributed by atoms with Crippen molar-refractivity contribution < 1.29 is 13.5 Å². The van der Waals surface area contributed by atoms with Crippen molar-refractivity contribution in [2.45, 2.75) is 6.92 Å². The third-order valence-corrected chi connectivity index (χ3v) is 5.27. The molecule has 3 rings (SSSR count). The highest BCUT2D eigenvalue weighted by molar-refractivity contribution is 8.00. The molecule has 0 aliphatic heterocycles. The molecule has 0 bridgehead atoms. The van der Waals surface area contributed by atoms with Crippen LogP contribution in [0.1, 0.15) is 6.92 Å². The molecule has 0 atom stereocenters. The molecule has 0 radical (unpaired) electrons. The summed E-state index contributed by atoms with van der Waals surface area (Å²) in [4.78, 5) is 0. The number of hydrogen-bond acceptors (Lipinski definition) is 5. The van der Waals surface area contributed by atoms with Gasteiger partial charge >= 0.3 is 0 Å². The highest BCUT2D eigenvalue weighted by atomic mass is 32.2. The van der Waals surface area contributed by atoms with Crippen molar-refractivity contribution >= 4 is 30.4 Å². The zero-order valence-electron chi connectivity index (χ0n) is 17.6. The Morgan fingerprint density at radius 3 is 2.58 bits per heavy atom. The van der Waals surface area contributed by atoms with Crippen LogP contribution in [0, 0.1) is 17.0 Å². The third kappa shape index (κ3) is 4.91. The van der Waals surface area contributed by atoms with E-state index in [0.717, 1.165) is 23.6 Å². The van der Waals surface area contributed by atoms with E-state index in [1.807, 2.05) is 30.7 Å². The normalized spacial score (nSPS) is 11.5. The van der Waals surface area contributed by atoms with E-state index in [-0.39, 0.29) is 11.1 Å². The highest BCUT2D eigenvalue weighted by Gasteiger charge is 2.15.